The topological polar surface area (TPSA) is 78.5 Å². The van der Waals surface area contributed by atoms with Gasteiger partial charge in [-0.3, -0.25) is 14.5 Å². The van der Waals surface area contributed by atoms with Crippen LogP contribution in [0.4, 0.5) is 10.5 Å². The SMILES string of the molecule is CSc1cccc(NC(=O)CN2C(=O)N[C@](C)(CCc3ccccc3)C2=O)c1. The molecule has 3 rings (SSSR count). The van der Waals surface area contributed by atoms with Crippen LogP contribution in [0.15, 0.2) is 59.5 Å². The molecule has 6 nitrogen and oxygen atoms in total. The summed E-state index contributed by atoms with van der Waals surface area (Å²) < 4.78 is 0. The van der Waals surface area contributed by atoms with Crippen molar-refractivity contribution in [3.8, 4) is 0 Å². The maximum Gasteiger partial charge on any atom is 0.325 e. The minimum Gasteiger partial charge on any atom is -0.324 e. The average Bonchev–Trinajstić information content (AvgIpc) is 2.91. The summed E-state index contributed by atoms with van der Waals surface area (Å²) in [5, 5.41) is 5.49. The number of carbonyl (C=O) groups is 3. The van der Waals surface area contributed by atoms with Crippen LogP contribution in [0.3, 0.4) is 0 Å². The summed E-state index contributed by atoms with van der Waals surface area (Å²) in [7, 11) is 0. The van der Waals surface area contributed by atoms with Gasteiger partial charge in [0, 0.05) is 10.6 Å². The summed E-state index contributed by atoms with van der Waals surface area (Å²) in [6.45, 7) is 1.39. The third-order valence-corrected chi connectivity index (χ3v) is 5.48. The molecule has 2 aromatic carbocycles. The van der Waals surface area contributed by atoms with E-state index in [1.54, 1.807) is 24.8 Å². The Morgan fingerprint density at radius 2 is 1.89 bits per heavy atom. The Morgan fingerprint density at radius 1 is 1.14 bits per heavy atom. The van der Waals surface area contributed by atoms with Crippen LogP contribution in [0.2, 0.25) is 0 Å². The second kappa shape index (κ2) is 8.48. The molecule has 7 heteroatoms. The molecule has 1 aliphatic rings. The number of nitrogens with one attached hydrogen (secondary N) is 2. The molecule has 0 saturated carbocycles. The van der Waals surface area contributed by atoms with E-state index < -0.39 is 17.5 Å². The number of thioether (sulfide) groups is 1. The van der Waals surface area contributed by atoms with Gasteiger partial charge in [-0.05, 0) is 49.8 Å². The molecule has 1 aliphatic heterocycles. The van der Waals surface area contributed by atoms with Gasteiger partial charge in [0.2, 0.25) is 5.91 Å². The van der Waals surface area contributed by atoms with Gasteiger partial charge in [0.15, 0.2) is 0 Å². The molecule has 2 aromatic rings. The van der Waals surface area contributed by atoms with Gasteiger partial charge in [-0.1, -0.05) is 36.4 Å². The molecule has 0 aromatic heterocycles. The van der Waals surface area contributed by atoms with Crippen molar-refractivity contribution in [1.82, 2.24) is 10.2 Å². The summed E-state index contributed by atoms with van der Waals surface area (Å²) in [5.41, 5.74) is 0.720. The van der Waals surface area contributed by atoms with Gasteiger partial charge in [-0.15, -0.1) is 11.8 Å². The number of anilines is 1. The quantitative estimate of drug-likeness (QED) is 0.555. The number of imide groups is 1. The summed E-state index contributed by atoms with van der Waals surface area (Å²) in [6, 6.07) is 16.6. The van der Waals surface area contributed by atoms with Gasteiger partial charge >= 0.3 is 6.03 Å². The molecule has 1 fully saturated rings. The van der Waals surface area contributed by atoms with Crippen molar-refractivity contribution in [2.45, 2.75) is 30.2 Å². The van der Waals surface area contributed by atoms with Crippen LogP contribution in [-0.2, 0) is 16.0 Å². The number of hydrogen-bond acceptors (Lipinski definition) is 4. The van der Waals surface area contributed by atoms with Crippen LogP contribution >= 0.6 is 11.8 Å². The van der Waals surface area contributed by atoms with Crippen molar-refractivity contribution in [3.05, 3.63) is 60.2 Å². The van der Waals surface area contributed by atoms with Crippen LogP contribution in [0, 0.1) is 0 Å². The molecular weight excluding hydrogens is 374 g/mol. The number of benzene rings is 2. The Hall–Kier alpha value is -2.80. The highest BCUT2D eigenvalue weighted by Gasteiger charge is 2.47. The zero-order chi connectivity index (χ0) is 20.1. The molecular formula is C21H23N3O3S. The first-order valence-corrected chi connectivity index (χ1v) is 10.3. The Kier molecular flexibility index (Phi) is 6.04. The van der Waals surface area contributed by atoms with Crippen LogP contribution in [0.5, 0.6) is 0 Å². The summed E-state index contributed by atoms with van der Waals surface area (Å²) in [6.07, 6.45) is 3.07. The molecule has 0 bridgehead atoms. The Morgan fingerprint density at radius 3 is 2.61 bits per heavy atom. The smallest absolute Gasteiger partial charge is 0.324 e. The van der Waals surface area contributed by atoms with E-state index in [9.17, 15) is 14.4 Å². The predicted molar refractivity (Wildman–Crippen MR) is 110 cm³/mol. The largest absolute Gasteiger partial charge is 0.325 e. The van der Waals surface area contributed by atoms with Crippen LogP contribution in [-0.4, -0.2) is 41.1 Å². The minimum absolute atomic E-state index is 0.310. The first-order chi connectivity index (χ1) is 13.4. The zero-order valence-corrected chi connectivity index (χ0v) is 16.7. The lowest BCUT2D eigenvalue weighted by Gasteiger charge is -2.21. The number of urea groups is 1. The van der Waals surface area contributed by atoms with E-state index in [1.165, 1.54) is 0 Å². The maximum absolute atomic E-state index is 12.8. The normalized spacial score (nSPS) is 18.9. The van der Waals surface area contributed by atoms with Gasteiger partial charge in [0.25, 0.3) is 5.91 Å². The lowest BCUT2D eigenvalue weighted by atomic mass is 9.93. The maximum atomic E-state index is 12.8. The van der Waals surface area contributed by atoms with Crippen LogP contribution in [0.1, 0.15) is 18.9 Å². The molecule has 0 aliphatic carbocycles. The fourth-order valence-corrected chi connectivity index (χ4v) is 3.60. The van der Waals surface area contributed by atoms with Crippen molar-refractivity contribution in [2.75, 3.05) is 18.1 Å². The third kappa shape index (κ3) is 4.54. The van der Waals surface area contributed by atoms with Gasteiger partial charge in [0.05, 0.1) is 0 Å². The number of rotatable bonds is 7. The number of carbonyl (C=O) groups excluding carboxylic acids is 3. The third-order valence-electron chi connectivity index (χ3n) is 4.76. The average molecular weight is 398 g/mol. The number of nitrogens with zero attached hydrogens (tertiary/aromatic N) is 1. The molecule has 0 spiro atoms. The van der Waals surface area contributed by atoms with Crippen molar-refractivity contribution < 1.29 is 14.4 Å². The molecule has 0 unspecified atom stereocenters. The van der Waals surface area contributed by atoms with Gasteiger partial charge in [0.1, 0.15) is 12.1 Å². The monoisotopic (exact) mass is 397 g/mol. The highest BCUT2D eigenvalue weighted by molar-refractivity contribution is 7.98. The van der Waals surface area contributed by atoms with Crippen LogP contribution in [0.25, 0.3) is 0 Å². The molecule has 1 saturated heterocycles. The first kappa shape index (κ1) is 19.9. The number of aryl methyl sites for hydroxylation is 1. The van der Waals surface area contributed by atoms with Gasteiger partial charge in [-0.25, -0.2) is 4.79 Å². The van der Waals surface area contributed by atoms with E-state index in [1.807, 2.05) is 54.8 Å². The fourth-order valence-electron chi connectivity index (χ4n) is 3.14. The second-order valence-electron chi connectivity index (χ2n) is 6.92. The fraction of sp³-hybridized carbons (Fsp3) is 0.286. The van der Waals surface area contributed by atoms with Gasteiger partial charge in [-0.2, -0.15) is 0 Å². The minimum atomic E-state index is -1.01. The summed E-state index contributed by atoms with van der Waals surface area (Å²) >= 11 is 1.57. The highest BCUT2D eigenvalue weighted by atomic mass is 32.2. The Bertz CT molecular complexity index is 887. The number of hydrogen-bond donors (Lipinski definition) is 2. The molecule has 2 N–H and O–H groups in total. The molecule has 1 atom stereocenters. The number of amides is 4. The molecule has 146 valence electrons. The Labute approximate surface area is 168 Å². The van der Waals surface area contributed by atoms with E-state index in [0.29, 0.717) is 18.5 Å². The Balaban J connectivity index is 1.61. The van der Waals surface area contributed by atoms with Crippen LogP contribution < -0.4 is 10.6 Å². The van der Waals surface area contributed by atoms with Crippen molar-refractivity contribution in [1.29, 1.82) is 0 Å². The zero-order valence-electron chi connectivity index (χ0n) is 15.9. The van der Waals surface area contributed by atoms with E-state index >= 15 is 0 Å². The first-order valence-electron chi connectivity index (χ1n) is 9.03. The molecule has 28 heavy (non-hydrogen) atoms. The molecule has 4 amide bonds. The second-order valence-corrected chi connectivity index (χ2v) is 7.80. The predicted octanol–water partition coefficient (Wildman–Crippen LogP) is 3.29. The van der Waals surface area contributed by atoms with Crippen molar-refractivity contribution in [2.24, 2.45) is 0 Å². The molecule has 1 heterocycles. The highest BCUT2D eigenvalue weighted by Crippen LogP contribution is 2.24. The van der Waals surface area contributed by atoms with E-state index in [4.69, 9.17) is 0 Å². The molecule has 0 radical (unpaired) electrons. The standard InChI is InChI=1S/C21H23N3O3S/c1-21(12-11-15-7-4-3-5-8-15)19(26)24(20(27)23-21)14-18(25)22-16-9-6-10-17(13-16)28-2/h3-10,13H,11-12,14H2,1-2H3,(H,22,25)(H,23,27)/t21-/m1/s1. The lowest BCUT2D eigenvalue weighted by Crippen LogP contribution is -2.45. The van der Waals surface area contributed by atoms with Crippen molar-refractivity contribution in [3.63, 3.8) is 0 Å². The summed E-state index contributed by atoms with van der Waals surface area (Å²) in [4.78, 5) is 39.5. The van der Waals surface area contributed by atoms with Gasteiger partial charge < -0.3 is 10.6 Å². The van der Waals surface area contributed by atoms with E-state index in [-0.39, 0.29) is 12.5 Å². The van der Waals surface area contributed by atoms with E-state index in [2.05, 4.69) is 10.6 Å². The van der Waals surface area contributed by atoms with Crippen molar-refractivity contribution >= 4 is 35.3 Å². The lowest BCUT2D eigenvalue weighted by molar-refractivity contribution is -0.133. The summed E-state index contributed by atoms with van der Waals surface area (Å²) in [5.74, 6) is -0.782. The van der Waals surface area contributed by atoms with E-state index in [0.717, 1.165) is 15.4 Å².